The van der Waals surface area contributed by atoms with Gasteiger partial charge in [0.05, 0.1) is 25.0 Å². The van der Waals surface area contributed by atoms with Crippen LogP contribution in [0.3, 0.4) is 0 Å². The van der Waals surface area contributed by atoms with E-state index >= 15 is 0 Å². The number of halogens is 5. The quantitative estimate of drug-likeness (QED) is 0.191. The van der Waals surface area contributed by atoms with Gasteiger partial charge in [0.15, 0.2) is 0 Å². The number of aliphatic hydroxyl groups excluding tert-OH is 1. The number of nitrogens with zero attached hydrogens (tertiary/aromatic N) is 2. The lowest BCUT2D eigenvalue weighted by atomic mass is 10.0. The zero-order chi connectivity index (χ0) is 36.1. The summed E-state index contributed by atoms with van der Waals surface area (Å²) in [6, 6.07) is 2.73. The number of alkyl halides is 5. The number of hydrogen-bond donors (Lipinski definition) is 3. The number of carbonyl (C=O) groups excluding carboxylic acids is 5. The van der Waals surface area contributed by atoms with E-state index in [1.54, 1.807) is 18.7 Å². The number of rotatable bonds is 10. The lowest BCUT2D eigenvalue weighted by molar-refractivity contribution is -0.276. The van der Waals surface area contributed by atoms with E-state index in [9.17, 15) is 51.0 Å². The van der Waals surface area contributed by atoms with Gasteiger partial charge in [-0.3, -0.25) is 29.3 Å². The Morgan fingerprint density at radius 2 is 1.52 bits per heavy atom. The topological polar surface area (TPSA) is 155 Å². The lowest BCUT2D eigenvalue weighted by Crippen LogP contribution is -2.54. The maximum atomic E-state index is 14.7. The van der Waals surface area contributed by atoms with Gasteiger partial charge in [-0.15, -0.1) is 0 Å². The highest BCUT2D eigenvalue weighted by Crippen LogP contribution is 2.45. The van der Waals surface area contributed by atoms with Gasteiger partial charge in [-0.25, -0.2) is 0 Å². The number of nitrogens with one attached hydrogen (secondary N) is 2. The minimum atomic E-state index is -6.18. The molecule has 0 aromatic heterocycles. The Bertz CT molecular complexity index is 1410. The smallest absolute Gasteiger partial charge is 0.422 e. The van der Waals surface area contributed by atoms with E-state index in [0.717, 1.165) is 4.90 Å². The molecule has 48 heavy (non-hydrogen) atoms. The van der Waals surface area contributed by atoms with E-state index < -0.39 is 90.2 Å². The summed E-state index contributed by atoms with van der Waals surface area (Å²) in [4.78, 5) is 66.4. The average molecular weight is 691 g/mol. The van der Waals surface area contributed by atoms with Crippen molar-refractivity contribution in [2.75, 3.05) is 32.8 Å². The van der Waals surface area contributed by atoms with Gasteiger partial charge < -0.3 is 29.7 Å². The van der Waals surface area contributed by atoms with Gasteiger partial charge in [0.2, 0.25) is 17.6 Å². The number of morpholine rings is 1. The van der Waals surface area contributed by atoms with Crippen LogP contribution in [0, 0.1) is 11.8 Å². The molecule has 0 spiro atoms. The molecule has 1 aromatic rings. The van der Waals surface area contributed by atoms with Crippen LogP contribution in [-0.4, -0.2) is 108 Å². The van der Waals surface area contributed by atoms with Gasteiger partial charge in [0.1, 0.15) is 12.1 Å². The Morgan fingerprint density at radius 1 is 0.958 bits per heavy atom. The van der Waals surface area contributed by atoms with Crippen LogP contribution in [0.1, 0.15) is 61.8 Å². The van der Waals surface area contributed by atoms with Crippen molar-refractivity contribution in [1.29, 1.82) is 0 Å². The molecule has 0 radical (unpaired) electrons. The van der Waals surface area contributed by atoms with Gasteiger partial charge in [0.25, 0.3) is 11.8 Å². The fourth-order valence-electron chi connectivity index (χ4n) is 5.36. The second kappa shape index (κ2) is 15.4. The lowest BCUT2D eigenvalue weighted by Gasteiger charge is -2.34. The van der Waals surface area contributed by atoms with Crippen LogP contribution in [0.15, 0.2) is 35.7 Å². The fraction of sp³-hybridized carbons (Fsp3) is 0.581. The average Bonchev–Trinajstić information content (AvgIpc) is 3.39. The number of likely N-dealkylation sites (tertiary alicyclic amines) is 1. The van der Waals surface area contributed by atoms with Gasteiger partial charge in [0, 0.05) is 44.1 Å². The first kappa shape index (κ1) is 38.3. The number of β-amino-alcohol motifs (C(OH)–C–C–N with tert-alkyl or cyclic N) is 1. The SMILES string of the molecule is CC(=O)O/C(=C(/C(C)C)N1C[C@H](O)C[C@H]1C(=O)NC(=O)[C@@H](NC(=O)c1ccc(C(=O)N2CCOCC2)cc1)C(C)C)C(F)(F)C(F)(F)F. The third-order valence-electron chi connectivity index (χ3n) is 7.73. The second-order valence-corrected chi connectivity index (χ2v) is 12.1. The molecule has 2 aliphatic heterocycles. The van der Waals surface area contributed by atoms with Crippen LogP contribution in [0.2, 0.25) is 0 Å². The summed E-state index contributed by atoms with van der Waals surface area (Å²) < 4.78 is 79.4. The number of ether oxygens (including phenoxy) is 2. The van der Waals surface area contributed by atoms with E-state index in [2.05, 4.69) is 15.4 Å². The van der Waals surface area contributed by atoms with Crippen LogP contribution in [0.25, 0.3) is 0 Å². The summed E-state index contributed by atoms with van der Waals surface area (Å²) in [6.07, 6.45) is -8.03. The first-order chi connectivity index (χ1) is 22.3. The molecule has 0 bridgehead atoms. The van der Waals surface area contributed by atoms with E-state index in [1.165, 1.54) is 38.1 Å². The van der Waals surface area contributed by atoms with E-state index in [-0.39, 0.29) is 11.5 Å². The van der Waals surface area contributed by atoms with Gasteiger partial charge in [-0.1, -0.05) is 27.7 Å². The molecular formula is C31H39F5N4O8. The summed E-state index contributed by atoms with van der Waals surface area (Å²) in [5, 5.41) is 14.9. The summed E-state index contributed by atoms with van der Waals surface area (Å²) in [5.41, 5.74) is -0.431. The predicted octanol–water partition coefficient (Wildman–Crippen LogP) is 2.62. The minimum Gasteiger partial charge on any atom is -0.422 e. The van der Waals surface area contributed by atoms with Crippen LogP contribution < -0.4 is 10.6 Å². The predicted molar refractivity (Wildman–Crippen MR) is 158 cm³/mol. The first-order valence-corrected chi connectivity index (χ1v) is 15.2. The van der Waals surface area contributed by atoms with Gasteiger partial charge >= 0.3 is 18.1 Å². The van der Waals surface area contributed by atoms with Crippen molar-refractivity contribution >= 4 is 29.6 Å². The summed E-state index contributed by atoms with van der Waals surface area (Å²) in [7, 11) is 0. The monoisotopic (exact) mass is 690 g/mol. The minimum absolute atomic E-state index is 0.0960. The third-order valence-corrected chi connectivity index (χ3v) is 7.73. The zero-order valence-corrected chi connectivity index (χ0v) is 27.0. The Labute approximate surface area is 273 Å². The highest BCUT2D eigenvalue weighted by Gasteiger charge is 2.64. The molecular weight excluding hydrogens is 651 g/mol. The molecule has 2 fully saturated rings. The zero-order valence-electron chi connectivity index (χ0n) is 27.0. The fourth-order valence-corrected chi connectivity index (χ4v) is 5.36. The number of aliphatic hydroxyl groups is 1. The molecule has 4 amide bonds. The summed E-state index contributed by atoms with van der Waals surface area (Å²) in [5.74, 6) is -14.1. The number of imide groups is 1. The highest BCUT2D eigenvalue weighted by atomic mass is 19.4. The maximum absolute atomic E-state index is 14.7. The van der Waals surface area contributed by atoms with Crippen molar-refractivity contribution < 1.29 is 60.5 Å². The van der Waals surface area contributed by atoms with Crippen molar-refractivity contribution in [3.8, 4) is 0 Å². The molecule has 1 aromatic carbocycles. The van der Waals surface area contributed by atoms with Gasteiger partial charge in [-0.2, -0.15) is 22.0 Å². The number of amides is 4. The van der Waals surface area contributed by atoms with Crippen LogP contribution in [0.5, 0.6) is 0 Å². The first-order valence-electron chi connectivity index (χ1n) is 15.2. The second-order valence-electron chi connectivity index (χ2n) is 12.1. The van der Waals surface area contributed by atoms with Crippen molar-refractivity contribution in [1.82, 2.24) is 20.4 Å². The molecule has 12 nitrogen and oxygen atoms in total. The summed E-state index contributed by atoms with van der Waals surface area (Å²) in [6.45, 7) is 7.28. The molecule has 0 saturated carbocycles. The molecule has 2 heterocycles. The molecule has 3 N–H and O–H groups in total. The molecule has 0 aliphatic carbocycles. The van der Waals surface area contributed by atoms with Crippen molar-refractivity contribution in [2.45, 2.75) is 71.3 Å². The Balaban J connectivity index is 1.82. The van der Waals surface area contributed by atoms with E-state index in [0.29, 0.717) is 38.8 Å². The number of esters is 1. The normalized spacial score (nSPS) is 19.9. The van der Waals surface area contributed by atoms with Crippen molar-refractivity contribution in [3.05, 3.63) is 46.8 Å². The maximum Gasteiger partial charge on any atom is 0.461 e. The molecule has 2 saturated heterocycles. The molecule has 0 unspecified atom stereocenters. The third kappa shape index (κ3) is 8.86. The Hall–Kier alpha value is -4.12. The Morgan fingerprint density at radius 3 is 2.02 bits per heavy atom. The van der Waals surface area contributed by atoms with Crippen LogP contribution in [-0.2, 0) is 23.9 Å². The molecule has 3 rings (SSSR count). The number of hydrogen-bond acceptors (Lipinski definition) is 9. The van der Waals surface area contributed by atoms with Crippen molar-refractivity contribution in [3.63, 3.8) is 0 Å². The van der Waals surface area contributed by atoms with Gasteiger partial charge in [-0.05, 0) is 36.1 Å². The number of benzene rings is 1. The molecule has 266 valence electrons. The highest BCUT2D eigenvalue weighted by molar-refractivity contribution is 6.04. The summed E-state index contributed by atoms with van der Waals surface area (Å²) >= 11 is 0. The van der Waals surface area contributed by atoms with Crippen LogP contribution in [0.4, 0.5) is 22.0 Å². The molecule has 2 aliphatic rings. The largest absolute Gasteiger partial charge is 0.461 e. The number of allylic oxidation sites excluding steroid dienone is 2. The molecule has 17 heteroatoms. The van der Waals surface area contributed by atoms with Crippen LogP contribution >= 0.6 is 0 Å². The standard InChI is InChI=1S/C31H39F5N4O8/c1-16(2)23(37-26(43)19-6-8-20(9-7-19)29(46)39-10-12-47-13-11-39)28(45)38-27(44)22-14-21(42)15-40(22)24(17(3)4)25(48-18(5)41)30(32,33)31(34,35)36/h6-9,16-17,21-23,42H,10-15H2,1-5H3,(H,37,43)(H,38,44,45)/b25-24-/t21-,22+,23+/m1/s1. The Kier molecular flexibility index (Phi) is 12.3. The van der Waals surface area contributed by atoms with Crippen molar-refractivity contribution in [2.24, 2.45) is 11.8 Å². The van der Waals surface area contributed by atoms with E-state index in [1.807, 2.05) is 0 Å². The van der Waals surface area contributed by atoms with E-state index in [4.69, 9.17) is 4.74 Å². The molecule has 3 atom stereocenters. The number of carbonyl (C=O) groups is 5.